The first-order chi connectivity index (χ1) is 11.1. The average Bonchev–Trinajstić information content (AvgIpc) is 2.56. The van der Waals surface area contributed by atoms with Gasteiger partial charge in [-0.2, -0.15) is 0 Å². The van der Waals surface area contributed by atoms with E-state index in [-0.39, 0.29) is 22.1 Å². The molecule has 6 nitrogen and oxygen atoms in total. The monoisotopic (exact) mass is 308 g/mol. The number of rotatable bonds is 4. The second kappa shape index (κ2) is 5.84. The minimum absolute atomic E-state index is 0.0360. The number of carbonyl (C=O) groups is 1. The van der Waals surface area contributed by atoms with Crippen LogP contribution in [-0.4, -0.2) is 21.0 Å². The van der Waals surface area contributed by atoms with Crippen LogP contribution < -0.4 is 5.43 Å². The quantitative estimate of drug-likeness (QED) is 0.745. The van der Waals surface area contributed by atoms with Crippen molar-refractivity contribution >= 4 is 16.9 Å². The van der Waals surface area contributed by atoms with Crippen LogP contribution in [0, 0.1) is 0 Å². The van der Waals surface area contributed by atoms with Crippen LogP contribution >= 0.6 is 0 Å². The van der Waals surface area contributed by atoms with Gasteiger partial charge in [-0.1, -0.05) is 6.08 Å². The van der Waals surface area contributed by atoms with Gasteiger partial charge in [0.2, 0.25) is 0 Å². The molecule has 0 amide bonds. The molecule has 0 aliphatic carbocycles. The highest BCUT2D eigenvalue weighted by atomic mass is 16.4. The molecule has 0 aliphatic heterocycles. The minimum Gasteiger partial charge on any atom is -0.478 e. The maximum atomic E-state index is 12.4. The molecule has 0 fully saturated rings. The van der Waals surface area contributed by atoms with Gasteiger partial charge in [0.25, 0.3) is 0 Å². The van der Waals surface area contributed by atoms with E-state index in [1.165, 1.54) is 36.8 Å². The van der Waals surface area contributed by atoms with Crippen molar-refractivity contribution in [2.75, 3.05) is 0 Å². The highest BCUT2D eigenvalue weighted by molar-refractivity contribution is 5.94. The Bertz CT molecular complexity index is 961. The molecule has 0 radical (unpaired) electrons. The van der Waals surface area contributed by atoms with Crippen molar-refractivity contribution in [2.45, 2.75) is 6.42 Å². The molecule has 0 unspecified atom stereocenters. The molecule has 0 atom stereocenters. The van der Waals surface area contributed by atoms with Gasteiger partial charge in [-0.25, -0.2) is 9.78 Å². The lowest BCUT2D eigenvalue weighted by atomic mass is 10.0. The van der Waals surface area contributed by atoms with Crippen molar-refractivity contribution in [3.63, 3.8) is 0 Å². The first-order valence-corrected chi connectivity index (χ1v) is 6.81. The zero-order valence-electron chi connectivity index (χ0n) is 12.0. The number of carboxylic acid groups (broad SMARTS) is 1. The fourth-order valence-corrected chi connectivity index (χ4v) is 2.31. The van der Waals surface area contributed by atoms with E-state index in [1.807, 2.05) is 0 Å². The van der Waals surface area contributed by atoms with Crippen molar-refractivity contribution in [3.05, 3.63) is 70.8 Å². The number of allylic oxidation sites excluding steroid dienone is 1. The second-order valence-corrected chi connectivity index (χ2v) is 4.88. The molecule has 0 spiro atoms. The number of nitrogens with zero attached hydrogens (tertiary/aromatic N) is 2. The molecule has 2 heterocycles. The predicted octanol–water partition coefficient (Wildman–Crippen LogP) is 2.68. The van der Waals surface area contributed by atoms with E-state index in [9.17, 15) is 14.7 Å². The molecule has 1 N–H and O–H groups in total. The highest BCUT2D eigenvalue weighted by Gasteiger charge is 2.15. The molecule has 2 aromatic heterocycles. The molecule has 0 saturated heterocycles. The van der Waals surface area contributed by atoms with Gasteiger partial charge in [0.15, 0.2) is 11.2 Å². The molecular weight excluding hydrogens is 296 g/mol. The van der Waals surface area contributed by atoms with Crippen LogP contribution in [0.2, 0.25) is 0 Å². The largest absolute Gasteiger partial charge is 0.478 e. The smallest absolute Gasteiger partial charge is 0.335 e. The Morgan fingerprint density at radius 1 is 1.30 bits per heavy atom. The SMILES string of the molecule is C=CCc1cc(C(=O)O)cc2c(=O)cc(-c3cnccn3)oc12. The van der Waals surface area contributed by atoms with Crippen LogP contribution in [0.1, 0.15) is 15.9 Å². The first-order valence-electron chi connectivity index (χ1n) is 6.81. The summed E-state index contributed by atoms with van der Waals surface area (Å²) >= 11 is 0. The number of aromatic carboxylic acids is 1. The number of fused-ring (bicyclic) bond motifs is 1. The van der Waals surface area contributed by atoms with Gasteiger partial charge in [-0.15, -0.1) is 6.58 Å². The molecule has 6 heteroatoms. The third-order valence-electron chi connectivity index (χ3n) is 3.33. The lowest BCUT2D eigenvalue weighted by molar-refractivity contribution is 0.0697. The Morgan fingerprint density at radius 3 is 2.78 bits per heavy atom. The zero-order chi connectivity index (χ0) is 16.4. The first kappa shape index (κ1) is 14.6. The topological polar surface area (TPSA) is 93.3 Å². The summed E-state index contributed by atoms with van der Waals surface area (Å²) in [5.74, 6) is -0.821. The van der Waals surface area contributed by atoms with E-state index in [2.05, 4.69) is 16.5 Å². The van der Waals surface area contributed by atoms with Crippen molar-refractivity contribution in [3.8, 4) is 11.5 Å². The standard InChI is InChI=1S/C17H12N2O4/c1-2-3-10-6-11(17(21)22)7-12-14(20)8-15(23-16(10)12)13-9-18-4-5-19-13/h2,4-9H,1,3H2,(H,21,22). The average molecular weight is 308 g/mol. The summed E-state index contributed by atoms with van der Waals surface area (Å²) in [7, 11) is 0. The van der Waals surface area contributed by atoms with Crippen molar-refractivity contribution in [1.29, 1.82) is 0 Å². The van der Waals surface area contributed by atoms with Crippen LogP contribution in [0.15, 0.2) is 58.7 Å². The van der Waals surface area contributed by atoms with E-state index in [4.69, 9.17) is 4.42 Å². The van der Waals surface area contributed by atoms with E-state index >= 15 is 0 Å². The summed E-state index contributed by atoms with van der Waals surface area (Å²) in [4.78, 5) is 31.7. The number of carboxylic acids is 1. The zero-order valence-corrected chi connectivity index (χ0v) is 12.0. The summed E-state index contributed by atoms with van der Waals surface area (Å²) in [6.07, 6.45) is 6.51. The molecular formula is C17H12N2O4. The summed E-state index contributed by atoms with van der Waals surface area (Å²) in [6, 6.07) is 4.09. The third-order valence-corrected chi connectivity index (χ3v) is 3.33. The Hall–Kier alpha value is -3.28. The van der Waals surface area contributed by atoms with Crippen LogP contribution in [0.4, 0.5) is 0 Å². The number of benzene rings is 1. The van der Waals surface area contributed by atoms with Crippen LogP contribution in [0.5, 0.6) is 0 Å². The molecule has 23 heavy (non-hydrogen) atoms. The van der Waals surface area contributed by atoms with E-state index < -0.39 is 5.97 Å². The van der Waals surface area contributed by atoms with Gasteiger partial charge in [-0.05, 0) is 18.6 Å². The lowest BCUT2D eigenvalue weighted by Gasteiger charge is -2.07. The van der Waals surface area contributed by atoms with Crippen molar-refractivity contribution in [2.24, 2.45) is 0 Å². The Balaban J connectivity index is 2.33. The second-order valence-electron chi connectivity index (χ2n) is 4.88. The highest BCUT2D eigenvalue weighted by Crippen LogP contribution is 2.24. The number of aromatic nitrogens is 2. The van der Waals surface area contributed by atoms with Gasteiger partial charge < -0.3 is 9.52 Å². The fourth-order valence-electron chi connectivity index (χ4n) is 2.31. The molecule has 3 rings (SSSR count). The van der Waals surface area contributed by atoms with Gasteiger partial charge in [0, 0.05) is 24.0 Å². The van der Waals surface area contributed by atoms with Crippen molar-refractivity contribution < 1.29 is 14.3 Å². The van der Waals surface area contributed by atoms with Crippen LogP contribution in [0.3, 0.4) is 0 Å². The molecule has 0 saturated carbocycles. The Labute approximate surface area is 130 Å². The molecule has 0 bridgehead atoms. The molecule has 114 valence electrons. The molecule has 3 aromatic rings. The van der Waals surface area contributed by atoms with Gasteiger partial charge in [0.05, 0.1) is 17.1 Å². The van der Waals surface area contributed by atoms with Crippen LogP contribution in [0.25, 0.3) is 22.4 Å². The summed E-state index contributed by atoms with van der Waals surface area (Å²) in [5, 5.41) is 9.40. The number of hydrogen-bond acceptors (Lipinski definition) is 5. The van der Waals surface area contributed by atoms with Gasteiger partial charge >= 0.3 is 5.97 Å². The van der Waals surface area contributed by atoms with E-state index in [1.54, 1.807) is 6.08 Å². The summed E-state index contributed by atoms with van der Waals surface area (Å²) < 4.78 is 5.80. The van der Waals surface area contributed by atoms with Crippen molar-refractivity contribution in [1.82, 2.24) is 9.97 Å². The predicted molar refractivity (Wildman–Crippen MR) is 84.4 cm³/mol. The fraction of sp³-hybridized carbons (Fsp3) is 0.0588. The Morgan fingerprint density at radius 2 is 2.13 bits per heavy atom. The molecule has 1 aromatic carbocycles. The number of hydrogen-bond donors (Lipinski definition) is 1. The van der Waals surface area contributed by atoms with E-state index in [0.717, 1.165) is 0 Å². The summed E-state index contributed by atoms with van der Waals surface area (Å²) in [6.45, 7) is 3.65. The summed E-state index contributed by atoms with van der Waals surface area (Å²) in [5.41, 5.74) is 1.05. The third kappa shape index (κ3) is 2.74. The Kier molecular flexibility index (Phi) is 3.72. The maximum absolute atomic E-state index is 12.4. The van der Waals surface area contributed by atoms with Crippen LogP contribution in [-0.2, 0) is 6.42 Å². The van der Waals surface area contributed by atoms with E-state index in [0.29, 0.717) is 23.3 Å². The van der Waals surface area contributed by atoms with Gasteiger partial charge in [-0.3, -0.25) is 9.78 Å². The minimum atomic E-state index is -1.10. The lowest BCUT2D eigenvalue weighted by Crippen LogP contribution is -2.06. The molecule has 0 aliphatic rings. The van der Waals surface area contributed by atoms with Gasteiger partial charge in [0.1, 0.15) is 11.3 Å². The normalized spacial score (nSPS) is 10.6. The maximum Gasteiger partial charge on any atom is 0.335 e.